The number of aromatic nitrogens is 1. The monoisotopic (exact) mass is 383 g/mol. The lowest BCUT2D eigenvalue weighted by Gasteiger charge is -2.25. The average molecular weight is 383 g/mol. The van der Waals surface area contributed by atoms with Gasteiger partial charge in [0.2, 0.25) is 0 Å². The summed E-state index contributed by atoms with van der Waals surface area (Å²) in [5.74, 6) is -2.01. The molecule has 0 spiro atoms. The molecule has 1 heterocycles. The van der Waals surface area contributed by atoms with Crippen molar-refractivity contribution in [3.8, 4) is 5.75 Å². The minimum Gasteiger partial charge on any atom is -0.508 e. The number of fused-ring (bicyclic) bond motifs is 1. The summed E-state index contributed by atoms with van der Waals surface area (Å²) in [7, 11) is 0. The van der Waals surface area contributed by atoms with Crippen molar-refractivity contribution >= 4 is 22.8 Å². The summed E-state index contributed by atoms with van der Waals surface area (Å²) in [4.78, 5) is 25.4. The van der Waals surface area contributed by atoms with Gasteiger partial charge in [0.15, 0.2) is 0 Å². The van der Waals surface area contributed by atoms with E-state index in [9.17, 15) is 24.2 Å². The number of benzene rings is 2. The molecule has 3 rings (SSSR count). The van der Waals surface area contributed by atoms with E-state index in [1.807, 2.05) is 6.92 Å². The van der Waals surface area contributed by atoms with Crippen molar-refractivity contribution in [2.24, 2.45) is 0 Å². The van der Waals surface area contributed by atoms with Crippen molar-refractivity contribution < 1.29 is 24.2 Å². The molecule has 0 saturated carbocycles. The van der Waals surface area contributed by atoms with Gasteiger partial charge in [0.1, 0.15) is 11.6 Å². The number of hydrogen-bond acceptors (Lipinski definition) is 3. The minimum absolute atomic E-state index is 0.0201. The van der Waals surface area contributed by atoms with E-state index >= 15 is 0 Å². The smallest absolute Gasteiger partial charge is 0.313 e. The Bertz CT molecular complexity index is 1090. The molecule has 0 saturated heterocycles. The molecule has 2 N–H and O–H groups in total. The summed E-state index contributed by atoms with van der Waals surface area (Å²) in [5.41, 5.74) is 0.347. The average Bonchev–Trinajstić information content (AvgIpc) is 2.92. The molecule has 1 aromatic heterocycles. The molecule has 146 valence electrons. The van der Waals surface area contributed by atoms with Crippen LogP contribution in [0, 0.1) is 12.7 Å². The molecule has 1 atom stereocenters. The highest BCUT2D eigenvalue weighted by Gasteiger charge is 2.39. The van der Waals surface area contributed by atoms with Crippen molar-refractivity contribution in [3.05, 3.63) is 65.1 Å². The summed E-state index contributed by atoms with van der Waals surface area (Å²) in [6.45, 7) is 5.20. The van der Waals surface area contributed by atoms with E-state index in [2.05, 4.69) is 0 Å². The summed E-state index contributed by atoms with van der Waals surface area (Å²) < 4.78 is 15.0. The number of phenols is 1. The summed E-state index contributed by atoms with van der Waals surface area (Å²) >= 11 is 0. The van der Waals surface area contributed by atoms with E-state index in [0.717, 1.165) is 6.07 Å². The largest absolute Gasteiger partial charge is 0.508 e. The van der Waals surface area contributed by atoms with Gasteiger partial charge >= 0.3 is 5.97 Å². The topological polar surface area (TPSA) is 79.5 Å². The molecule has 28 heavy (non-hydrogen) atoms. The number of carboxylic acid groups (broad SMARTS) is 1. The molecule has 3 aromatic rings. The van der Waals surface area contributed by atoms with Crippen LogP contribution in [0.4, 0.5) is 4.39 Å². The minimum atomic E-state index is -1.24. The van der Waals surface area contributed by atoms with Gasteiger partial charge in [-0.1, -0.05) is 19.4 Å². The van der Waals surface area contributed by atoms with E-state index in [0.29, 0.717) is 35.0 Å². The number of carbonyl (C=O) groups excluding carboxylic acids is 1. The number of rotatable bonds is 5. The van der Waals surface area contributed by atoms with Gasteiger partial charge in [-0.25, -0.2) is 4.39 Å². The number of phenolic OH excluding ortho intramolecular Hbond substituents is 1. The van der Waals surface area contributed by atoms with Crippen LogP contribution >= 0.6 is 0 Å². The van der Waals surface area contributed by atoms with Crippen LogP contribution in [-0.2, 0) is 10.2 Å². The standard InChI is InChI=1S/C22H22FNO4/c1-4-10-22(3,21(27)28)19-13(2)24(18-9-8-16(25)12-17(18)19)20(26)14-6-5-7-15(23)11-14/h5-9,11-12,25H,4,10H2,1-3H3,(H,27,28)/t22-/m1/s1. The Morgan fingerprint density at radius 3 is 2.50 bits per heavy atom. The molecule has 6 heteroatoms. The fraction of sp³-hybridized carbons (Fsp3) is 0.273. The third kappa shape index (κ3) is 3.05. The van der Waals surface area contributed by atoms with Crippen LogP contribution in [0.5, 0.6) is 5.75 Å². The molecule has 0 bridgehead atoms. The Morgan fingerprint density at radius 2 is 1.89 bits per heavy atom. The van der Waals surface area contributed by atoms with Crippen LogP contribution in [0.15, 0.2) is 42.5 Å². The molecular formula is C22H22FNO4. The van der Waals surface area contributed by atoms with Crippen LogP contribution < -0.4 is 0 Å². The van der Waals surface area contributed by atoms with E-state index in [1.165, 1.54) is 34.9 Å². The normalized spacial score (nSPS) is 13.4. The van der Waals surface area contributed by atoms with Gasteiger partial charge in [0, 0.05) is 16.6 Å². The third-order valence-electron chi connectivity index (χ3n) is 5.24. The first-order valence-electron chi connectivity index (χ1n) is 9.09. The van der Waals surface area contributed by atoms with E-state index in [-0.39, 0.29) is 11.3 Å². The first-order valence-corrected chi connectivity index (χ1v) is 9.09. The molecule has 0 aliphatic rings. The van der Waals surface area contributed by atoms with Crippen molar-refractivity contribution in [1.82, 2.24) is 4.57 Å². The zero-order valence-electron chi connectivity index (χ0n) is 16.0. The Morgan fingerprint density at radius 1 is 1.18 bits per heavy atom. The number of aromatic hydroxyl groups is 1. The molecule has 0 radical (unpaired) electrons. The fourth-order valence-corrected chi connectivity index (χ4v) is 3.95. The van der Waals surface area contributed by atoms with Crippen molar-refractivity contribution in [2.45, 2.75) is 39.0 Å². The molecule has 0 unspecified atom stereocenters. The van der Waals surface area contributed by atoms with Gasteiger partial charge in [-0.3, -0.25) is 14.2 Å². The number of carboxylic acids is 1. The number of hydrogen-bond donors (Lipinski definition) is 2. The highest BCUT2D eigenvalue weighted by Crippen LogP contribution is 2.40. The Balaban J connectivity index is 2.36. The molecule has 2 aromatic carbocycles. The molecule has 5 nitrogen and oxygen atoms in total. The number of halogens is 1. The van der Waals surface area contributed by atoms with Crippen molar-refractivity contribution in [1.29, 1.82) is 0 Å². The van der Waals surface area contributed by atoms with E-state index in [4.69, 9.17) is 0 Å². The zero-order chi connectivity index (χ0) is 20.6. The van der Waals surface area contributed by atoms with Gasteiger partial charge in [0.25, 0.3) is 5.91 Å². The quantitative estimate of drug-likeness (QED) is 0.673. The molecule has 0 amide bonds. The molecule has 0 fully saturated rings. The van der Waals surface area contributed by atoms with Gasteiger partial charge in [-0.15, -0.1) is 0 Å². The van der Waals surface area contributed by atoms with Crippen molar-refractivity contribution in [2.75, 3.05) is 0 Å². The Kier molecular flexibility index (Phi) is 4.98. The second kappa shape index (κ2) is 7.11. The number of carbonyl (C=O) groups is 2. The summed E-state index contributed by atoms with van der Waals surface area (Å²) in [5, 5.41) is 20.5. The number of aliphatic carboxylic acids is 1. The summed E-state index contributed by atoms with van der Waals surface area (Å²) in [6.07, 6.45) is 0.998. The van der Waals surface area contributed by atoms with Crippen LogP contribution in [0.25, 0.3) is 10.9 Å². The van der Waals surface area contributed by atoms with Gasteiger partial charge in [0.05, 0.1) is 10.9 Å². The number of nitrogens with zero attached hydrogens (tertiary/aromatic N) is 1. The van der Waals surface area contributed by atoms with Crippen LogP contribution in [-0.4, -0.2) is 26.7 Å². The van der Waals surface area contributed by atoms with Gasteiger partial charge in [-0.05, 0) is 62.2 Å². The van der Waals surface area contributed by atoms with E-state index in [1.54, 1.807) is 19.9 Å². The highest BCUT2D eigenvalue weighted by atomic mass is 19.1. The van der Waals surface area contributed by atoms with E-state index < -0.39 is 23.1 Å². The second-order valence-electron chi connectivity index (χ2n) is 7.20. The second-order valence-corrected chi connectivity index (χ2v) is 7.20. The van der Waals surface area contributed by atoms with Crippen molar-refractivity contribution in [3.63, 3.8) is 0 Å². The molecule has 0 aliphatic carbocycles. The predicted molar refractivity (Wildman–Crippen MR) is 104 cm³/mol. The van der Waals surface area contributed by atoms with Gasteiger partial charge in [-0.2, -0.15) is 0 Å². The molecule has 0 aliphatic heterocycles. The van der Waals surface area contributed by atoms with Gasteiger partial charge < -0.3 is 10.2 Å². The lowest BCUT2D eigenvalue weighted by atomic mass is 9.77. The first-order chi connectivity index (χ1) is 13.2. The Labute approximate surface area is 162 Å². The maximum atomic E-state index is 13.6. The lowest BCUT2D eigenvalue weighted by Crippen LogP contribution is -2.33. The zero-order valence-corrected chi connectivity index (χ0v) is 16.0. The molecular weight excluding hydrogens is 361 g/mol. The maximum absolute atomic E-state index is 13.6. The van der Waals surface area contributed by atoms with Crippen LogP contribution in [0.2, 0.25) is 0 Å². The summed E-state index contributed by atoms with van der Waals surface area (Å²) in [6, 6.07) is 9.86. The van der Waals surface area contributed by atoms with Crippen LogP contribution in [0.3, 0.4) is 0 Å². The SMILES string of the molecule is CCC[C@@](C)(C(=O)O)c1c(C)n(C(=O)c2cccc(F)c2)c2ccc(O)cc12. The third-order valence-corrected chi connectivity index (χ3v) is 5.24. The first kappa shape index (κ1) is 19.6. The van der Waals surface area contributed by atoms with Crippen LogP contribution in [0.1, 0.15) is 48.3 Å². The predicted octanol–water partition coefficient (Wildman–Crippen LogP) is 4.63. The lowest BCUT2D eigenvalue weighted by molar-refractivity contribution is -0.143. The maximum Gasteiger partial charge on any atom is 0.313 e. The fourth-order valence-electron chi connectivity index (χ4n) is 3.95. The Hall–Kier alpha value is -3.15. The highest BCUT2D eigenvalue weighted by molar-refractivity contribution is 6.05.